The number of hydrogen-bond donors (Lipinski definition) is 3. The van der Waals surface area contributed by atoms with Crippen LogP contribution in [0.15, 0.2) is 0 Å². The Kier molecular flexibility index (Phi) is 3.86. The summed E-state index contributed by atoms with van der Waals surface area (Å²) in [6, 6.07) is 0. The highest BCUT2D eigenvalue weighted by Gasteiger charge is 2.29. The SMILES string of the molecule is CC(O)(CNCC1CCCO1)C(=O)O. The number of ether oxygens (including phenoxy) is 1. The number of hydrogen-bond acceptors (Lipinski definition) is 4. The fourth-order valence-electron chi connectivity index (χ4n) is 1.36. The predicted molar refractivity (Wildman–Crippen MR) is 50.1 cm³/mol. The van der Waals surface area contributed by atoms with Gasteiger partial charge in [-0.05, 0) is 19.8 Å². The molecular formula is C9H17NO4. The largest absolute Gasteiger partial charge is 0.479 e. The Bertz CT molecular complexity index is 199. The molecule has 0 bridgehead atoms. The van der Waals surface area contributed by atoms with Crippen LogP contribution in [0.4, 0.5) is 0 Å². The molecule has 0 aromatic rings. The van der Waals surface area contributed by atoms with E-state index in [1.807, 2.05) is 0 Å². The van der Waals surface area contributed by atoms with Crippen LogP contribution in [-0.2, 0) is 9.53 Å². The summed E-state index contributed by atoms with van der Waals surface area (Å²) in [5, 5.41) is 20.9. The van der Waals surface area contributed by atoms with E-state index in [1.165, 1.54) is 6.92 Å². The van der Waals surface area contributed by atoms with Crippen molar-refractivity contribution in [2.24, 2.45) is 0 Å². The minimum Gasteiger partial charge on any atom is -0.479 e. The van der Waals surface area contributed by atoms with Crippen molar-refractivity contribution < 1.29 is 19.7 Å². The van der Waals surface area contributed by atoms with Gasteiger partial charge in [-0.3, -0.25) is 0 Å². The first-order valence-electron chi connectivity index (χ1n) is 4.80. The van der Waals surface area contributed by atoms with Gasteiger partial charge < -0.3 is 20.3 Å². The van der Waals surface area contributed by atoms with Gasteiger partial charge in [0.25, 0.3) is 0 Å². The molecule has 1 fully saturated rings. The summed E-state index contributed by atoms with van der Waals surface area (Å²) in [4.78, 5) is 10.5. The highest BCUT2D eigenvalue weighted by atomic mass is 16.5. The van der Waals surface area contributed by atoms with E-state index in [0.717, 1.165) is 19.4 Å². The van der Waals surface area contributed by atoms with Crippen molar-refractivity contribution in [3.63, 3.8) is 0 Å². The quantitative estimate of drug-likeness (QED) is 0.566. The van der Waals surface area contributed by atoms with E-state index in [0.29, 0.717) is 6.54 Å². The molecule has 0 aromatic heterocycles. The van der Waals surface area contributed by atoms with Crippen LogP contribution in [0.1, 0.15) is 19.8 Å². The molecule has 1 rings (SSSR count). The third kappa shape index (κ3) is 3.25. The molecular weight excluding hydrogens is 186 g/mol. The van der Waals surface area contributed by atoms with Crippen LogP contribution >= 0.6 is 0 Å². The molecule has 5 heteroatoms. The first-order valence-corrected chi connectivity index (χ1v) is 4.80. The van der Waals surface area contributed by atoms with Gasteiger partial charge in [-0.2, -0.15) is 0 Å². The van der Waals surface area contributed by atoms with Gasteiger partial charge in [-0.15, -0.1) is 0 Å². The molecule has 14 heavy (non-hydrogen) atoms. The zero-order chi connectivity index (χ0) is 10.6. The Morgan fingerprint density at radius 3 is 2.93 bits per heavy atom. The molecule has 2 atom stereocenters. The molecule has 0 aliphatic carbocycles. The van der Waals surface area contributed by atoms with Crippen LogP contribution in [0.5, 0.6) is 0 Å². The molecule has 3 N–H and O–H groups in total. The summed E-state index contributed by atoms with van der Waals surface area (Å²) in [5.41, 5.74) is -1.70. The molecule has 5 nitrogen and oxygen atoms in total. The van der Waals surface area contributed by atoms with Crippen LogP contribution in [0.2, 0.25) is 0 Å². The van der Waals surface area contributed by atoms with E-state index in [2.05, 4.69) is 5.32 Å². The summed E-state index contributed by atoms with van der Waals surface area (Å²) in [5.74, 6) is -1.21. The van der Waals surface area contributed by atoms with Gasteiger partial charge >= 0.3 is 5.97 Å². The molecule has 0 radical (unpaired) electrons. The van der Waals surface area contributed by atoms with Crippen LogP contribution in [0.25, 0.3) is 0 Å². The van der Waals surface area contributed by atoms with Crippen molar-refractivity contribution in [2.75, 3.05) is 19.7 Å². The van der Waals surface area contributed by atoms with Crippen molar-refractivity contribution in [1.29, 1.82) is 0 Å². The third-order valence-electron chi connectivity index (χ3n) is 2.33. The lowest BCUT2D eigenvalue weighted by atomic mass is 10.1. The van der Waals surface area contributed by atoms with E-state index >= 15 is 0 Å². The summed E-state index contributed by atoms with van der Waals surface area (Å²) >= 11 is 0. The van der Waals surface area contributed by atoms with Gasteiger partial charge in [0.05, 0.1) is 6.10 Å². The lowest BCUT2D eigenvalue weighted by Crippen LogP contribution is -2.46. The number of aliphatic carboxylic acids is 1. The lowest BCUT2D eigenvalue weighted by Gasteiger charge is -2.19. The standard InChI is InChI=1S/C9H17NO4/c1-9(13,8(11)12)6-10-5-7-3-2-4-14-7/h7,10,13H,2-6H2,1H3,(H,11,12). The van der Waals surface area contributed by atoms with E-state index in [1.54, 1.807) is 0 Å². The highest BCUT2D eigenvalue weighted by Crippen LogP contribution is 2.10. The van der Waals surface area contributed by atoms with Gasteiger partial charge in [0.15, 0.2) is 5.60 Å². The molecule has 0 spiro atoms. The molecule has 82 valence electrons. The summed E-state index contributed by atoms with van der Waals surface area (Å²) < 4.78 is 5.34. The number of nitrogens with one attached hydrogen (secondary N) is 1. The summed E-state index contributed by atoms with van der Waals surface area (Å²) in [6.07, 6.45) is 2.23. The van der Waals surface area contributed by atoms with Crippen molar-refractivity contribution >= 4 is 5.97 Å². The maximum absolute atomic E-state index is 10.5. The fourth-order valence-corrected chi connectivity index (χ4v) is 1.36. The zero-order valence-corrected chi connectivity index (χ0v) is 8.32. The highest BCUT2D eigenvalue weighted by molar-refractivity contribution is 5.76. The number of carboxylic acids is 1. The monoisotopic (exact) mass is 203 g/mol. The van der Waals surface area contributed by atoms with E-state index in [-0.39, 0.29) is 12.6 Å². The Morgan fingerprint density at radius 1 is 1.71 bits per heavy atom. The fraction of sp³-hybridized carbons (Fsp3) is 0.889. The number of carboxylic acid groups (broad SMARTS) is 1. The number of carbonyl (C=O) groups is 1. The van der Waals surface area contributed by atoms with Crippen molar-refractivity contribution in [1.82, 2.24) is 5.32 Å². The Balaban J connectivity index is 2.16. The van der Waals surface area contributed by atoms with E-state index < -0.39 is 11.6 Å². The molecule has 0 saturated carbocycles. The molecule has 0 aromatic carbocycles. The topological polar surface area (TPSA) is 78.8 Å². The van der Waals surface area contributed by atoms with Crippen LogP contribution in [0.3, 0.4) is 0 Å². The van der Waals surface area contributed by atoms with Gasteiger partial charge in [0.1, 0.15) is 0 Å². The second-order valence-corrected chi connectivity index (χ2v) is 3.84. The maximum atomic E-state index is 10.5. The second kappa shape index (κ2) is 4.72. The summed E-state index contributed by atoms with van der Waals surface area (Å²) in [6.45, 7) is 2.70. The van der Waals surface area contributed by atoms with Crippen LogP contribution in [0, 0.1) is 0 Å². The average molecular weight is 203 g/mol. The van der Waals surface area contributed by atoms with Crippen molar-refractivity contribution in [2.45, 2.75) is 31.5 Å². The van der Waals surface area contributed by atoms with Crippen molar-refractivity contribution in [3.8, 4) is 0 Å². The molecule has 2 unspecified atom stereocenters. The molecule has 1 heterocycles. The number of rotatable bonds is 5. The molecule has 1 aliphatic rings. The smallest absolute Gasteiger partial charge is 0.336 e. The Morgan fingerprint density at radius 2 is 2.43 bits per heavy atom. The van der Waals surface area contributed by atoms with Gasteiger partial charge in [0, 0.05) is 19.7 Å². The van der Waals surface area contributed by atoms with E-state index in [4.69, 9.17) is 9.84 Å². The Hall–Kier alpha value is -0.650. The first-order chi connectivity index (χ1) is 6.52. The van der Waals surface area contributed by atoms with Crippen LogP contribution < -0.4 is 5.32 Å². The lowest BCUT2D eigenvalue weighted by molar-refractivity contribution is -0.156. The molecule has 1 saturated heterocycles. The van der Waals surface area contributed by atoms with Crippen molar-refractivity contribution in [3.05, 3.63) is 0 Å². The predicted octanol–water partition coefficient (Wildman–Crippen LogP) is -0.409. The van der Waals surface area contributed by atoms with E-state index in [9.17, 15) is 9.90 Å². The third-order valence-corrected chi connectivity index (χ3v) is 2.33. The molecule has 1 aliphatic heterocycles. The maximum Gasteiger partial charge on any atom is 0.336 e. The van der Waals surface area contributed by atoms with Crippen LogP contribution in [-0.4, -0.2) is 47.6 Å². The zero-order valence-electron chi connectivity index (χ0n) is 8.32. The van der Waals surface area contributed by atoms with Gasteiger partial charge in [-0.25, -0.2) is 4.79 Å². The summed E-state index contributed by atoms with van der Waals surface area (Å²) in [7, 11) is 0. The van der Waals surface area contributed by atoms with Gasteiger partial charge in [-0.1, -0.05) is 0 Å². The van der Waals surface area contributed by atoms with Gasteiger partial charge in [0.2, 0.25) is 0 Å². The normalized spacial score (nSPS) is 26.0. The minimum absolute atomic E-state index is 0.0438. The molecule has 0 amide bonds. The first kappa shape index (κ1) is 11.4. The Labute approximate surface area is 83.1 Å². The second-order valence-electron chi connectivity index (χ2n) is 3.84. The minimum atomic E-state index is -1.70. The average Bonchev–Trinajstić information content (AvgIpc) is 2.56. The number of aliphatic hydroxyl groups is 1.